The fourth-order valence-corrected chi connectivity index (χ4v) is 2.97. The van der Waals surface area contributed by atoms with Crippen molar-refractivity contribution in [2.24, 2.45) is 0 Å². The molecule has 0 saturated carbocycles. The Kier molecular flexibility index (Phi) is 5.84. The van der Waals surface area contributed by atoms with E-state index in [9.17, 15) is 14.4 Å². The molecule has 1 heterocycles. The third-order valence-corrected chi connectivity index (χ3v) is 4.38. The summed E-state index contributed by atoms with van der Waals surface area (Å²) in [4.78, 5) is 35.6. The van der Waals surface area contributed by atoms with Gasteiger partial charge in [-0.05, 0) is 48.6 Å². The minimum absolute atomic E-state index is 0.0403. The van der Waals surface area contributed by atoms with E-state index in [0.29, 0.717) is 11.3 Å². The van der Waals surface area contributed by atoms with Crippen molar-refractivity contribution in [1.29, 1.82) is 0 Å². The number of Topliss-reactive ketones (excluding diaryl/α,β-unsaturated/α-hetero) is 1. The van der Waals surface area contributed by atoms with E-state index in [1.54, 1.807) is 12.1 Å². The zero-order chi connectivity index (χ0) is 18.4. The molecule has 6 nitrogen and oxygen atoms in total. The van der Waals surface area contributed by atoms with Gasteiger partial charge in [-0.1, -0.05) is 12.1 Å². The smallest absolute Gasteiger partial charge is 0.306 e. The molecular formula is C20H21NO5. The van der Waals surface area contributed by atoms with E-state index >= 15 is 0 Å². The Morgan fingerprint density at radius 2 is 1.92 bits per heavy atom. The van der Waals surface area contributed by atoms with Gasteiger partial charge in [0.25, 0.3) is 5.91 Å². The lowest BCUT2D eigenvalue weighted by molar-refractivity contribution is -0.148. The molecule has 0 aliphatic heterocycles. The van der Waals surface area contributed by atoms with Gasteiger partial charge in [0.15, 0.2) is 12.4 Å². The highest BCUT2D eigenvalue weighted by atomic mass is 16.5. The number of benzene rings is 1. The second-order valence-corrected chi connectivity index (χ2v) is 6.28. The van der Waals surface area contributed by atoms with Crippen molar-refractivity contribution < 1.29 is 23.5 Å². The molecule has 0 atom stereocenters. The Hall–Kier alpha value is -2.89. The number of fused-ring (bicyclic) bond motifs is 1. The first kappa shape index (κ1) is 17.9. The molecule has 1 aromatic heterocycles. The summed E-state index contributed by atoms with van der Waals surface area (Å²) in [6, 6.07) is 9.20. The third kappa shape index (κ3) is 4.81. The average molecular weight is 355 g/mol. The summed E-state index contributed by atoms with van der Waals surface area (Å²) in [6.07, 6.45) is 4.75. The Morgan fingerprint density at radius 3 is 2.73 bits per heavy atom. The number of nitrogens with one attached hydrogen (secondary N) is 1. The number of carbonyl (C=O) groups is 3. The fraction of sp³-hybridized carbons (Fsp3) is 0.350. The lowest BCUT2D eigenvalue weighted by Crippen LogP contribution is -2.28. The maximum atomic E-state index is 12.2. The van der Waals surface area contributed by atoms with Gasteiger partial charge in [0.1, 0.15) is 5.76 Å². The lowest BCUT2D eigenvalue weighted by atomic mass is 10.0. The molecule has 1 N–H and O–H groups in total. The Balaban J connectivity index is 1.37. The molecule has 0 fully saturated rings. The van der Waals surface area contributed by atoms with E-state index in [1.165, 1.54) is 17.4 Å². The predicted octanol–water partition coefficient (Wildman–Crippen LogP) is 2.59. The normalized spacial score (nSPS) is 12.5. The number of ketones is 1. The molecule has 1 aromatic carbocycles. The number of ether oxygens (including phenoxy) is 1. The molecule has 0 spiro atoms. The Bertz CT molecular complexity index is 795. The van der Waals surface area contributed by atoms with Crippen LogP contribution in [-0.4, -0.2) is 24.3 Å². The van der Waals surface area contributed by atoms with E-state index in [-0.39, 0.29) is 31.8 Å². The molecule has 1 amide bonds. The molecule has 136 valence electrons. The van der Waals surface area contributed by atoms with Crippen LogP contribution in [0.1, 0.15) is 46.5 Å². The van der Waals surface area contributed by atoms with Crippen molar-refractivity contribution in [3.8, 4) is 0 Å². The van der Waals surface area contributed by atoms with Gasteiger partial charge in [0, 0.05) is 12.0 Å². The third-order valence-electron chi connectivity index (χ3n) is 4.38. The van der Waals surface area contributed by atoms with Crippen LogP contribution in [0.15, 0.2) is 41.0 Å². The van der Waals surface area contributed by atoms with Crippen molar-refractivity contribution in [2.45, 2.75) is 38.6 Å². The summed E-state index contributed by atoms with van der Waals surface area (Å²) in [5.41, 5.74) is 3.17. The van der Waals surface area contributed by atoms with Crippen LogP contribution in [0.4, 0.5) is 0 Å². The van der Waals surface area contributed by atoms with Crippen LogP contribution < -0.4 is 5.32 Å². The molecule has 0 saturated heterocycles. The molecule has 0 bridgehead atoms. The topological polar surface area (TPSA) is 85.6 Å². The standard InChI is InChI=1S/C20H21NO5/c22-18(16-7-6-14-3-1-4-15(14)11-16)8-9-20(24)26-13-19(23)21-12-17-5-2-10-25-17/h2,5-7,10-11H,1,3-4,8-9,12-13H2,(H,21,23). The van der Waals surface area contributed by atoms with Crippen LogP contribution in [0.2, 0.25) is 0 Å². The maximum Gasteiger partial charge on any atom is 0.306 e. The highest BCUT2D eigenvalue weighted by Crippen LogP contribution is 2.23. The van der Waals surface area contributed by atoms with E-state index in [2.05, 4.69) is 5.32 Å². The van der Waals surface area contributed by atoms with E-state index in [1.807, 2.05) is 18.2 Å². The highest BCUT2D eigenvalue weighted by Gasteiger charge is 2.15. The summed E-state index contributed by atoms with van der Waals surface area (Å²) < 4.78 is 9.98. The molecular weight excluding hydrogens is 334 g/mol. The first-order valence-electron chi connectivity index (χ1n) is 8.71. The van der Waals surface area contributed by atoms with Crippen molar-refractivity contribution in [1.82, 2.24) is 5.32 Å². The second-order valence-electron chi connectivity index (χ2n) is 6.28. The van der Waals surface area contributed by atoms with E-state index < -0.39 is 11.9 Å². The summed E-state index contributed by atoms with van der Waals surface area (Å²) in [6.45, 7) is -0.132. The van der Waals surface area contributed by atoms with Crippen molar-refractivity contribution >= 4 is 17.7 Å². The number of esters is 1. The number of amides is 1. The molecule has 1 aliphatic rings. The molecule has 0 radical (unpaired) electrons. The lowest BCUT2D eigenvalue weighted by Gasteiger charge is -2.06. The Labute approximate surface area is 151 Å². The zero-order valence-electron chi connectivity index (χ0n) is 14.5. The second kappa shape index (κ2) is 8.47. The van der Waals surface area contributed by atoms with Gasteiger partial charge in [-0.2, -0.15) is 0 Å². The highest BCUT2D eigenvalue weighted by molar-refractivity contribution is 5.97. The number of aryl methyl sites for hydroxylation is 2. The molecule has 1 aliphatic carbocycles. The summed E-state index contributed by atoms with van der Waals surface area (Å²) in [5, 5.41) is 2.58. The molecule has 2 aromatic rings. The van der Waals surface area contributed by atoms with Crippen molar-refractivity contribution in [3.63, 3.8) is 0 Å². The molecule has 6 heteroatoms. The maximum absolute atomic E-state index is 12.2. The summed E-state index contributed by atoms with van der Waals surface area (Å²) in [7, 11) is 0. The summed E-state index contributed by atoms with van der Waals surface area (Å²) >= 11 is 0. The van der Waals surface area contributed by atoms with Gasteiger partial charge in [-0.15, -0.1) is 0 Å². The van der Waals surface area contributed by atoms with E-state index in [0.717, 1.165) is 19.3 Å². The average Bonchev–Trinajstić information content (AvgIpc) is 3.33. The number of rotatable bonds is 8. The molecule has 26 heavy (non-hydrogen) atoms. The van der Waals surface area contributed by atoms with Crippen LogP contribution in [0.3, 0.4) is 0 Å². The minimum atomic E-state index is -0.562. The molecule has 3 rings (SSSR count). The fourth-order valence-electron chi connectivity index (χ4n) is 2.97. The van der Waals surface area contributed by atoms with Gasteiger partial charge in [-0.25, -0.2) is 0 Å². The SMILES string of the molecule is O=C(COC(=O)CCC(=O)c1ccc2c(c1)CCC2)NCc1ccco1. The van der Waals surface area contributed by atoms with Gasteiger partial charge in [-0.3, -0.25) is 14.4 Å². The minimum Gasteiger partial charge on any atom is -0.467 e. The number of hydrogen-bond acceptors (Lipinski definition) is 5. The monoisotopic (exact) mass is 355 g/mol. The van der Waals surface area contributed by atoms with Crippen molar-refractivity contribution in [2.75, 3.05) is 6.61 Å². The largest absolute Gasteiger partial charge is 0.467 e. The number of carbonyl (C=O) groups excluding carboxylic acids is 3. The summed E-state index contributed by atoms with van der Waals surface area (Å²) in [5.74, 6) is -0.448. The van der Waals surface area contributed by atoms with Gasteiger partial charge < -0.3 is 14.5 Å². The predicted molar refractivity (Wildman–Crippen MR) is 93.5 cm³/mol. The number of furan rings is 1. The van der Waals surface area contributed by atoms with Gasteiger partial charge in [0.2, 0.25) is 0 Å². The zero-order valence-corrected chi connectivity index (χ0v) is 14.5. The first-order valence-corrected chi connectivity index (χ1v) is 8.71. The van der Waals surface area contributed by atoms with Gasteiger partial charge >= 0.3 is 5.97 Å². The quantitative estimate of drug-likeness (QED) is 0.581. The number of hydrogen-bond donors (Lipinski definition) is 1. The van der Waals surface area contributed by atoms with Crippen molar-refractivity contribution in [3.05, 3.63) is 59.0 Å². The first-order chi connectivity index (χ1) is 12.6. The van der Waals surface area contributed by atoms with Crippen LogP contribution >= 0.6 is 0 Å². The Morgan fingerprint density at radius 1 is 1.08 bits per heavy atom. The van der Waals surface area contributed by atoms with Crippen LogP contribution in [0, 0.1) is 0 Å². The van der Waals surface area contributed by atoms with Crippen LogP contribution in [0.25, 0.3) is 0 Å². The van der Waals surface area contributed by atoms with E-state index in [4.69, 9.17) is 9.15 Å². The van der Waals surface area contributed by atoms with Crippen LogP contribution in [0.5, 0.6) is 0 Å². The van der Waals surface area contributed by atoms with Crippen LogP contribution in [-0.2, 0) is 33.7 Å². The van der Waals surface area contributed by atoms with Gasteiger partial charge in [0.05, 0.1) is 19.2 Å². The molecule has 0 unspecified atom stereocenters.